The summed E-state index contributed by atoms with van der Waals surface area (Å²) < 4.78 is 28.3. The molecule has 1 aromatic carbocycles. The second-order valence-electron chi connectivity index (χ2n) is 5.39. The van der Waals surface area contributed by atoms with Gasteiger partial charge in [-0.25, -0.2) is 8.42 Å². The van der Waals surface area contributed by atoms with Crippen LogP contribution in [0.5, 0.6) is 5.75 Å². The average molecular weight is 300 g/mol. The zero-order valence-electron chi connectivity index (χ0n) is 12.5. The molecule has 0 fully saturated rings. The van der Waals surface area contributed by atoms with Crippen molar-refractivity contribution in [2.24, 2.45) is 5.84 Å². The molecule has 0 spiro atoms. The number of sulfone groups is 1. The van der Waals surface area contributed by atoms with Gasteiger partial charge in [-0.3, -0.25) is 11.3 Å². The largest absolute Gasteiger partial charge is 0.494 e. The van der Waals surface area contributed by atoms with E-state index in [1.54, 1.807) is 13.8 Å². The Hall–Kier alpha value is -1.11. The topological polar surface area (TPSA) is 81.4 Å². The number of hydrogen-bond acceptors (Lipinski definition) is 5. The molecule has 0 aliphatic carbocycles. The number of nitrogens with one attached hydrogen (secondary N) is 1. The van der Waals surface area contributed by atoms with E-state index in [-0.39, 0.29) is 0 Å². The molecule has 0 heterocycles. The van der Waals surface area contributed by atoms with E-state index in [2.05, 4.69) is 5.43 Å². The number of rotatable bonds is 7. The van der Waals surface area contributed by atoms with E-state index < -0.39 is 20.6 Å². The van der Waals surface area contributed by atoms with Crippen LogP contribution >= 0.6 is 0 Å². The zero-order chi connectivity index (χ0) is 15.4. The van der Waals surface area contributed by atoms with Gasteiger partial charge in [0, 0.05) is 6.26 Å². The number of nitrogens with two attached hydrogens (primary N) is 1. The van der Waals surface area contributed by atoms with E-state index in [1.165, 1.54) is 6.26 Å². The summed E-state index contributed by atoms with van der Waals surface area (Å²) in [6, 6.07) is 6.84. The van der Waals surface area contributed by atoms with Crippen LogP contribution in [0.4, 0.5) is 0 Å². The first-order chi connectivity index (χ1) is 9.24. The van der Waals surface area contributed by atoms with Gasteiger partial charge in [0.1, 0.15) is 5.75 Å². The normalized spacial score (nSPS) is 14.1. The zero-order valence-corrected chi connectivity index (χ0v) is 13.3. The molecule has 6 heteroatoms. The molecule has 1 rings (SSSR count). The predicted octanol–water partition coefficient (Wildman–Crippen LogP) is 1.80. The maximum Gasteiger partial charge on any atom is 0.154 e. The fourth-order valence-corrected chi connectivity index (χ4v) is 2.52. The van der Waals surface area contributed by atoms with E-state index in [9.17, 15) is 8.42 Å². The third-order valence-electron chi connectivity index (χ3n) is 3.50. The minimum atomic E-state index is -3.26. The van der Waals surface area contributed by atoms with Crippen LogP contribution in [0.2, 0.25) is 0 Å². The monoisotopic (exact) mass is 300 g/mol. The minimum Gasteiger partial charge on any atom is -0.494 e. The smallest absolute Gasteiger partial charge is 0.154 e. The van der Waals surface area contributed by atoms with Gasteiger partial charge in [0.05, 0.1) is 17.4 Å². The van der Waals surface area contributed by atoms with Crippen LogP contribution < -0.4 is 16.0 Å². The third-order valence-corrected chi connectivity index (χ3v) is 5.65. The van der Waals surface area contributed by atoms with Gasteiger partial charge in [0.25, 0.3) is 0 Å². The SMILES string of the molecule is CCCOc1ccc(C(NN)C(C)(C)S(C)(=O)=O)cc1. The fourth-order valence-electron chi connectivity index (χ4n) is 1.89. The standard InChI is InChI=1S/C14H24N2O3S/c1-5-10-19-12-8-6-11(7-9-12)13(16-15)14(2,3)20(4,17)18/h6-9,13,16H,5,10,15H2,1-4H3. The van der Waals surface area contributed by atoms with Crippen LogP contribution in [0.1, 0.15) is 38.8 Å². The quantitative estimate of drug-likeness (QED) is 0.593. The lowest BCUT2D eigenvalue weighted by atomic mass is 9.96. The van der Waals surface area contributed by atoms with E-state index in [0.29, 0.717) is 6.61 Å². The molecule has 0 aliphatic rings. The molecule has 1 unspecified atom stereocenters. The van der Waals surface area contributed by atoms with Gasteiger partial charge >= 0.3 is 0 Å². The molecule has 0 aliphatic heterocycles. The number of hydrazine groups is 1. The Balaban J connectivity index is 3.02. The Labute approximate surface area is 121 Å². The second-order valence-corrected chi connectivity index (χ2v) is 7.99. The Bertz CT molecular complexity index is 524. The van der Waals surface area contributed by atoms with Crippen LogP contribution in [0.25, 0.3) is 0 Å². The minimum absolute atomic E-state index is 0.488. The maximum atomic E-state index is 11.9. The van der Waals surface area contributed by atoms with E-state index >= 15 is 0 Å². The first-order valence-corrected chi connectivity index (χ1v) is 8.51. The molecule has 5 nitrogen and oxygen atoms in total. The van der Waals surface area contributed by atoms with Crippen LogP contribution in [0.15, 0.2) is 24.3 Å². The Morgan fingerprint density at radius 3 is 2.25 bits per heavy atom. The van der Waals surface area contributed by atoms with Crippen molar-refractivity contribution in [1.29, 1.82) is 0 Å². The van der Waals surface area contributed by atoms with Crippen LogP contribution in [-0.4, -0.2) is 26.0 Å². The first-order valence-electron chi connectivity index (χ1n) is 6.62. The summed E-state index contributed by atoms with van der Waals surface area (Å²) in [5, 5.41) is 0. The van der Waals surface area contributed by atoms with Gasteiger partial charge in [-0.1, -0.05) is 19.1 Å². The molecular weight excluding hydrogens is 276 g/mol. The molecule has 0 saturated carbocycles. The molecule has 0 aromatic heterocycles. The lowest BCUT2D eigenvalue weighted by molar-refractivity contribution is 0.317. The molecule has 20 heavy (non-hydrogen) atoms. The molecule has 114 valence electrons. The highest BCUT2D eigenvalue weighted by molar-refractivity contribution is 7.92. The summed E-state index contributed by atoms with van der Waals surface area (Å²) in [6.45, 7) is 6.02. The van der Waals surface area contributed by atoms with Crippen molar-refractivity contribution in [2.45, 2.75) is 38.0 Å². The Morgan fingerprint density at radius 1 is 1.30 bits per heavy atom. The number of ether oxygens (including phenoxy) is 1. The van der Waals surface area contributed by atoms with Gasteiger partial charge in [0.15, 0.2) is 9.84 Å². The van der Waals surface area contributed by atoms with Crippen molar-refractivity contribution in [3.05, 3.63) is 29.8 Å². The molecule has 0 bridgehead atoms. The van der Waals surface area contributed by atoms with E-state index in [0.717, 1.165) is 17.7 Å². The van der Waals surface area contributed by atoms with Crippen molar-refractivity contribution >= 4 is 9.84 Å². The highest BCUT2D eigenvalue weighted by atomic mass is 32.2. The molecule has 1 aromatic rings. The summed E-state index contributed by atoms with van der Waals surface area (Å²) in [5.74, 6) is 6.33. The van der Waals surface area contributed by atoms with E-state index in [1.807, 2.05) is 31.2 Å². The van der Waals surface area contributed by atoms with Crippen molar-refractivity contribution < 1.29 is 13.2 Å². The molecule has 0 amide bonds. The maximum absolute atomic E-state index is 11.9. The second kappa shape index (κ2) is 6.56. The average Bonchev–Trinajstić information content (AvgIpc) is 2.37. The lowest BCUT2D eigenvalue weighted by Crippen LogP contribution is -2.47. The fraction of sp³-hybridized carbons (Fsp3) is 0.571. The molecule has 1 atom stereocenters. The number of benzene rings is 1. The van der Waals surface area contributed by atoms with Gasteiger partial charge in [-0.05, 0) is 38.0 Å². The van der Waals surface area contributed by atoms with Crippen LogP contribution in [-0.2, 0) is 9.84 Å². The van der Waals surface area contributed by atoms with Crippen LogP contribution in [0, 0.1) is 0 Å². The third kappa shape index (κ3) is 3.71. The summed E-state index contributed by atoms with van der Waals surface area (Å²) >= 11 is 0. The van der Waals surface area contributed by atoms with Gasteiger partial charge in [0.2, 0.25) is 0 Å². The molecular formula is C14H24N2O3S. The Morgan fingerprint density at radius 2 is 1.85 bits per heavy atom. The van der Waals surface area contributed by atoms with Crippen LogP contribution in [0.3, 0.4) is 0 Å². The van der Waals surface area contributed by atoms with Crippen molar-refractivity contribution in [3.63, 3.8) is 0 Å². The lowest BCUT2D eigenvalue weighted by Gasteiger charge is -2.32. The molecule has 0 saturated heterocycles. The first kappa shape index (κ1) is 16.9. The van der Waals surface area contributed by atoms with Gasteiger partial charge < -0.3 is 4.74 Å². The summed E-state index contributed by atoms with van der Waals surface area (Å²) in [4.78, 5) is 0. The summed E-state index contributed by atoms with van der Waals surface area (Å²) in [5.41, 5.74) is 3.42. The predicted molar refractivity (Wildman–Crippen MR) is 81.2 cm³/mol. The number of hydrogen-bond donors (Lipinski definition) is 2. The molecule has 3 N–H and O–H groups in total. The summed E-state index contributed by atoms with van der Waals surface area (Å²) in [6.07, 6.45) is 2.16. The van der Waals surface area contributed by atoms with E-state index in [4.69, 9.17) is 10.6 Å². The Kier molecular flexibility index (Phi) is 5.56. The highest BCUT2D eigenvalue weighted by Crippen LogP contribution is 2.32. The van der Waals surface area contributed by atoms with Gasteiger partial charge in [-0.2, -0.15) is 0 Å². The molecule has 0 radical (unpaired) electrons. The van der Waals surface area contributed by atoms with Crippen molar-refractivity contribution in [1.82, 2.24) is 5.43 Å². The summed E-state index contributed by atoms with van der Waals surface area (Å²) in [7, 11) is -3.26. The van der Waals surface area contributed by atoms with Crippen molar-refractivity contribution in [3.8, 4) is 5.75 Å². The van der Waals surface area contributed by atoms with Gasteiger partial charge in [-0.15, -0.1) is 0 Å². The van der Waals surface area contributed by atoms with Crippen molar-refractivity contribution in [2.75, 3.05) is 12.9 Å². The highest BCUT2D eigenvalue weighted by Gasteiger charge is 2.39.